The molecular weight excluding hydrogens is 430 g/mol. The summed E-state index contributed by atoms with van der Waals surface area (Å²) in [6.07, 6.45) is 10.1. The number of hydrogen-bond donors (Lipinski definition) is 1. The molecule has 0 aromatic heterocycles. The first-order chi connectivity index (χ1) is 17.0. The van der Waals surface area contributed by atoms with Crippen molar-refractivity contribution in [2.75, 3.05) is 26.2 Å². The van der Waals surface area contributed by atoms with Gasteiger partial charge in [0, 0.05) is 30.9 Å². The predicted molar refractivity (Wildman–Crippen MR) is 143 cm³/mol. The van der Waals surface area contributed by atoms with Crippen LogP contribution in [0.1, 0.15) is 65.7 Å². The Morgan fingerprint density at radius 1 is 1.17 bits per heavy atom. The molecule has 2 aromatic rings. The number of hydrogen-bond acceptors (Lipinski definition) is 3. The second-order valence-electron chi connectivity index (χ2n) is 11.4. The molecule has 1 amide bonds. The summed E-state index contributed by atoms with van der Waals surface area (Å²) in [4.78, 5) is 20.1. The molecular formula is C31H37N3O. The second kappa shape index (κ2) is 9.05. The van der Waals surface area contributed by atoms with Crippen LogP contribution in [0.2, 0.25) is 0 Å². The van der Waals surface area contributed by atoms with Crippen LogP contribution >= 0.6 is 0 Å². The summed E-state index contributed by atoms with van der Waals surface area (Å²) >= 11 is 0. The number of carbonyl (C=O) groups excluding carboxylic acids is 1. The van der Waals surface area contributed by atoms with Crippen LogP contribution in [0.4, 0.5) is 0 Å². The van der Waals surface area contributed by atoms with E-state index in [1.807, 2.05) is 12.3 Å². The van der Waals surface area contributed by atoms with Gasteiger partial charge in [0.1, 0.15) is 0 Å². The van der Waals surface area contributed by atoms with E-state index in [9.17, 15) is 4.79 Å². The summed E-state index contributed by atoms with van der Waals surface area (Å²) in [6.45, 7) is 8.79. The van der Waals surface area contributed by atoms with Crippen LogP contribution in [0.5, 0.6) is 0 Å². The topological polar surface area (TPSA) is 44.7 Å². The van der Waals surface area contributed by atoms with Crippen molar-refractivity contribution in [2.24, 2.45) is 16.8 Å². The third kappa shape index (κ3) is 4.38. The molecule has 35 heavy (non-hydrogen) atoms. The third-order valence-electron chi connectivity index (χ3n) is 9.21. The lowest BCUT2D eigenvalue weighted by Gasteiger charge is -2.55. The lowest BCUT2D eigenvalue weighted by atomic mass is 9.59. The Bertz CT molecular complexity index is 1180. The zero-order chi connectivity index (χ0) is 24.0. The van der Waals surface area contributed by atoms with E-state index in [1.165, 1.54) is 60.2 Å². The van der Waals surface area contributed by atoms with Crippen molar-refractivity contribution in [3.8, 4) is 0 Å². The monoisotopic (exact) mass is 467 g/mol. The van der Waals surface area contributed by atoms with Crippen LogP contribution in [0.25, 0.3) is 5.57 Å². The number of carbonyl (C=O) groups is 1. The average Bonchev–Trinajstić information content (AvgIpc) is 3.52. The molecule has 2 unspecified atom stereocenters. The molecule has 1 saturated heterocycles. The van der Waals surface area contributed by atoms with Crippen LogP contribution in [-0.4, -0.2) is 49.2 Å². The van der Waals surface area contributed by atoms with Crippen LogP contribution in [0.3, 0.4) is 0 Å². The minimum absolute atomic E-state index is 0.0429. The second-order valence-corrected chi connectivity index (χ2v) is 11.4. The van der Waals surface area contributed by atoms with Gasteiger partial charge in [0.25, 0.3) is 5.91 Å². The Morgan fingerprint density at radius 3 is 2.74 bits per heavy atom. The molecule has 2 aliphatic carbocycles. The number of benzene rings is 2. The molecule has 2 aliphatic heterocycles. The van der Waals surface area contributed by atoms with Gasteiger partial charge in [-0.3, -0.25) is 14.7 Å². The van der Waals surface area contributed by atoms with Crippen molar-refractivity contribution in [3.63, 3.8) is 0 Å². The van der Waals surface area contributed by atoms with Gasteiger partial charge in [-0.05, 0) is 95.9 Å². The number of nitrogens with zero attached hydrogens (tertiary/aromatic N) is 2. The van der Waals surface area contributed by atoms with Crippen LogP contribution in [-0.2, 0) is 18.3 Å². The molecule has 4 heteroatoms. The molecule has 1 saturated carbocycles. The van der Waals surface area contributed by atoms with E-state index in [2.05, 4.69) is 71.5 Å². The molecule has 2 aromatic carbocycles. The lowest BCUT2D eigenvalue weighted by Crippen LogP contribution is -2.58. The van der Waals surface area contributed by atoms with Crippen LogP contribution < -0.4 is 5.32 Å². The summed E-state index contributed by atoms with van der Waals surface area (Å²) in [7, 11) is 0. The van der Waals surface area contributed by atoms with Gasteiger partial charge in [0.15, 0.2) is 0 Å². The van der Waals surface area contributed by atoms with Gasteiger partial charge < -0.3 is 5.32 Å². The molecule has 2 bridgehead atoms. The molecule has 1 N–H and O–H groups in total. The smallest absolute Gasteiger partial charge is 0.251 e. The highest BCUT2D eigenvalue weighted by Gasteiger charge is 2.49. The minimum atomic E-state index is 0.0429. The van der Waals surface area contributed by atoms with Gasteiger partial charge in [-0.25, -0.2) is 0 Å². The predicted octanol–water partition coefficient (Wildman–Crippen LogP) is 5.06. The largest absolute Gasteiger partial charge is 0.352 e. The van der Waals surface area contributed by atoms with E-state index in [4.69, 9.17) is 0 Å². The average molecular weight is 468 g/mol. The summed E-state index contributed by atoms with van der Waals surface area (Å²) in [5, 5.41) is 3.16. The van der Waals surface area contributed by atoms with E-state index < -0.39 is 0 Å². The number of nitrogens with one attached hydrogen (secondary N) is 1. The quantitative estimate of drug-likeness (QED) is 0.619. The Balaban J connectivity index is 1.10. The van der Waals surface area contributed by atoms with Gasteiger partial charge in [-0.2, -0.15) is 0 Å². The van der Waals surface area contributed by atoms with Gasteiger partial charge >= 0.3 is 0 Å². The number of amides is 1. The summed E-state index contributed by atoms with van der Waals surface area (Å²) in [5.74, 6) is 1.60. The van der Waals surface area contributed by atoms with Gasteiger partial charge in [-0.1, -0.05) is 50.3 Å². The van der Waals surface area contributed by atoms with Crippen molar-refractivity contribution in [3.05, 3.63) is 76.4 Å². The number of allylic oxidation sites excluding steroid dienone is 1. The summed E-state index contributed by atoms with van der Waals surface area (Å²) < 4.78 is 0. The van der Waals surface area contributed by atoms with Gasteiger partial charge in [0.2, 0.25) is 0 Å². The number of aliphatic imine (C=N–C) groups is 1. The van der Waals surface area contributed by atoms with Crippen molar-refractivity contribution < 1.29 is 4.79 Å². The lowest BCUT2D eigenvalue weighted by molar-refractivity contribution is 0.0284. The molecule has 4 aliphatic rings. The van der Waals surface area contributed by atoms with E-state index in [1.54, 1.807) is 0 Å². The maximum Gasteiger partial charge on any atom is 0.251 e. The molecule has 0 radical (unpaired) electrons. The molecule has 182 valence electrons. The van der Waals surface area contributed by atoms with Crippen LogP contribution in [0, 0.1) is 11.8 Å². The fraction of sp³-hybridized carbons (Fsp3) is 0.484. The first-order valence-corrected chi connectivity index (χ1v) is 13.5. The highest BCUT2D eigenvalue weighted by molar-refractivity contribution is 6.11. The Labute approximate surface area is 209 Å². The minimum Gasteiger partial charge on any atom is -0.352 e. The van der Waals surface area contributed by atoms with E-state index in [-0.39, 0.29) is 11.3 Å². The highest BCUT2D eigenvalue weighted by Crippen LogP contribution is 2.49. The van der Waals surface area contributed by atoms with Crippen molar-refractivity contribution in [1.29, 1.82) is 0 Å². The fourth-order valence-electron chi connectivity index (χ4n) is 6.54. The van der Waals surface area contributed by atoms with Gasteiger partial charge in [0.05, 0.1) is 6.54 Å². The van der Waals surface area contributed by atoms with Crippen LogP contribution in [0.15, 0.2) is 53.5 Å². The molecule has 6 rings (SSSR count). The number of piperidine rings is 1. The zero-order valence-electron chi connectivity index (χ0n) is 21.1. The third-order valence-corrected chi connectivity index (χ3v) is 9.21. The first-order valence-electron chi connectivity index (χ1n) is 13.5. The molecule has 2 heterocycles. The summed E-state index contributed by atoms with van der Waals surface area (Å²) in [6, 6.07) is 15.7. The molecule has 2 fully saturated rings. The Kier molecular flexibility index (Phi) is 5.88. The maximum atomic E-state index is 13.0. The molecule has 0 spiro atoms. The number of likely N-dealkylation sites (tertiary alicyclic amines) is 1. The normalized spacial score (nSPS) is 27.4. The van der Waals surface area contributed by atoms with Crippen molar-refractivity contribution >= 4 is 17.7 Å². The summed E-state index contributed by atoms with van der Waals surface area (Å²) in [5.41, 5.74) is 7.47. The molecule has 4 nitrogen and oxygen atoms in total. The number of rotatable bonds is 7. The maximum absolute atomic E-state index is 13.0. The Hall–Kier alpha value is -2.72. The standard InChI is InChI=1S/C31H37N3O/c1-21-29-18-25-9-10-26(17-28(25)31(21,2)13-16-34(29)20-23-3-4-23)30(35)33-15-11-22-5-7-24(8-6-22)27-12-14-32-19-27/h5-10,12,17,19,21,23,29H,3-4,11,13-16,18,20H2,1-2H3,(H,33,35)/t21?,29?,31-/m1/s1. The van der Waals surface area contributed by atoms with Crippen molar-refractivity contribution in [1.82, 2.24) is 10.2 Å². The fourth-order valence-corrected chi connectivity index (χ4v) is 6.54. The number of fused-ring (bicyclic) bond motifs is 4. The van der Waals surface area contributed by atoms with Gasteiger partial charge in [-0.15, -0.1) is 0 Å². The molecule has 3 atom stereocenters. The Morgan fingerprint density at radius 2 is 2.00 bits per heavy atom. The van der Waals surface area contributed by atoms with Crippen molar-refractivity contribution in [2.45, 2.75) is 57.4 Å². The first kappa shape index (κ1) is 22.7. The van der Waals surface area contributed by atoms with E-state index >= 15 is 0 Å². The van der Waals surface area contributed by atoms with E-state index in [0.717, 1.165) is 30.9 Å². The van der Waals surface area contributed by atoms with E-state index in [0.29, 0.717) is 18.5 Å². The SMILES string of the molecule is CC1C2Cc3ccc(C(=O)NCCc4ccc(C5=CCN=C5)cc4)cc3[C@]1(C)CCN2CC1CC1. The zero-order valence-corrected chi connectivity index (χ0v) is 21.1. The highest BCUT2D eigenvalue weighted by atomic mass is 16.1.